The molecule has 1 amide bonds. The van der Waals surface area contributed by atoms with E-state index in [2.05, 4.69) is 5.10 Å². The molecular formula is C20H24F2N4O. The number of halogens is 2. The van der Waals surface area contributed by atoms with Crippen LogP contribution in [0.2, 0.25) is 0 Å². The molecule has 2 heterocycles. The number of rotatable bonds is 3. The van der Waals surface area contributed by atoms with Gasteiger partial charge in [-0.25, -0.2) is 13.5 Å². The van der Waals surface area contributed by atoms with Gasteiger partial charge in [0.2, 0.25) is 0 Å². The molecule has 0 radical (unpaired) electrons. The predicted octanol–water partition coefficient (Wildman–Crippen LogP) is 2.84. The molecule has 0 spiro atoms. The second-order valence-corrected chi connectivity index (χ2v) is 7.65. The standard InChI is InChI=1S/C20H24F2N4O/c1-12(23)13-4-3-9-25(11-13)20(27)19-15-5-2-6-18(15)26(24-19)14-7-8-16(21)17(22)10-14/h7-8,10,12-13H,2-6,9,11,23H2,1H3. The highest BCUT2D eigenvalue weighted by Crippen LogP contribution is 2.30. The number of carbonyl (C=O) groups is 1. The molecule has 2 atom stereocenters. The van der Waals surface area contributed by atoms with E-state index in [-0.39, 0.29) is 11.9 Å². The second-order valence-electron chi connectivity index (χ2n) is 7.65. The Bertz CT molecular complexity index is 877. The Labute approximate surface area is 157 Å². The molecule has 0 saturated carbocycles. The lowest BCUT2D eigenvalue weighted by Gasteiger charge is -2.34. The minimum absolute atomic E-state index is 0.0473. The molecule has 1 saturated heterocycles. The van der Waals surface area contributed by atoms with Crippen LogP contribution in [0.25, 0.3) is 5.69 Å². The van der Waals surface area contributed by atoms with Gasteiger partial charge in [0.1, 0.15) is 0 Å². The van der Waals surface area contributed by atoms with Gasteiger partial charge in [-0.2, -0.15) is 5.10 Å². The first kappa shape index (κ1) is 18.1. The number of fused-ring (bicyclic) bond motifs is 1. The van der Waals surface area contributed by atoms with Crippen molar-refractivity contribution in [3.63, 3.8) is 0 Å². The molecule has 2 unspecified atom stereocenters. The molecule has 1 fully saturated rings. The molecule has 1 aliphatic carbocycles. The number of amides is 1. The van der Waals surface area contributed by atoms with Crippen molar-refractivity contribution >= 4 is 5.91 Å². The van der Waals surface area contributed by atoms with Crippen molar-refractivity contribution < 1.29 is 13.6 Å². The van der Waals surface area contributed by atoms with E-state index >= 15 is 0 Å². The maximum absolute atomic E-state index is 13.7. The highest BCUT2D eigenvalue weighted by atomic mass is 19.2. The summed E-state index contributed by atoms with van der Waals surface area (Å²) in [6.45, 7) is 3.33. The zero-order valence-corrected chi connectivity index (χ0v) is 15.4. The van der Waals surface area contributed by atoms with Crippen LogP contribution in [0.3, 0.4) is 0 Å². The van der Waals surface area contributed by atoms with Gasteiger partial charge in [0.15, 0.2) is 17.3 Å². The van der Waals surface area contributed by atoms with Crippen molar-refractivity contribution in [2.45, 2.75) is 45.1 Å². The quantitative estimate of drug-likeness (QED) is 0.899. The van der Waals surface area contributed by atoms with Crippen LogP contribution in [0.4, 0.5) is 8.78 Å². The van der Waals surface area contributed by atoms with Crippen LogP contribution in [0, 0.1) is 17.6 Å². The third kappa shape index (κ3) is 3.25. The van der Waals surface area contributed by atoms with Crippen LogP contribution in [0.15, 0.2) is 18.2 Å². The van der Waals surface area contributed by atoms with Crippen LogP contribution < -0.4 is 5.73 Å². The van der Waals surface area contributed by atoms with Crippen molar-refractivity contribution in [3.8, 4) is 5.69 Å². The van der Waals surface area contributed by atoms with Gasteiger partial charge in [0.25, 0.3) is 5.91 Å². The van der Waals surface area contributed by atoms with Crippen LogP contribution >= 0.6 is 0 Å². The lowest BCUT2D eigenvalue weighted by molar-refractivity contribution is 0.0653. The van der Waals surface area contributed by atoms with Crippen LogP contribution in [-0.4, -0.2) is 39.7 Å². The second kappa shape index (κ2) is 7.03. The molecule has 4 rings (SSSR count). The Kier molecular flexibility index (Phi) is 4.72. The number of carbonyl (C=O) groups excluding carboxylic acids is 1. The zero-order chi connectivity index (χ0) is 19.1. The van der Waals surface area contributed by atoms with Crippen molar-refractivity contribution in [2.24, 2.45) is 11.7 Å². The fraction of sp³-hybridized carbons (Fsp3) is 0.500. The van der Waals surface area contributed by atoms with Gasteiger partial charge < -0.3 is 10.6 Å². The largest absolute Gasteiger partial charge is 0.337 e. The number of aromatic nitrogens is 2. The van der Waals surface area contributed by atoms with Gasteiger partial charge in [0, 0.05) is 36.5 Å². The summed E-state index contributed by atoms with van der Waals surface area (Å²) in [5, 5.41) is 4.52. The smallest absolute Gasteiger partial charge is 0.274 e. The van der Waals surface area contributed by atoms with Gasteiger partial charge in [-0.05, 0) is 57.1 Å². The van der Waals surface area contributed by atoms with E-state index in [4.69, 9.17) is 5.73 Å². The highest BCUT2D eigenvalue weighted by Gasteiger charge is 2.32. The highest BCUT2D eigenvalue weighted by molar-refractivity contribution is 5.94. The minimum atomic E-state index is -0.918. The molecule has 144 valence electrons. The average Bonchev–Trinajstić information content (AvgIpc) is 3.26. The Balaban J connectivity index is 1.68. The summed E-state index contributed by atoms with van der Waals surface area (Å²) < 4.78 is 28.6. The molecule has 2 aliphatic rings. The number of benzene rings is 1. The molecular weight excluding hydrogens is 350 g/mol. The van der Waals surface area contributed by atoms with Crippen molar-refractivity contribution in [1.29, 1.82) is 0 Å². The maximum atomic E-state index is 13.7. The summed E-state index contributed by atoms with van der Waals surface area (Å²) in [4.78, 5) is 15.0. The van der Waals surface area contributed by atoms with E-state index in [9.17, 15) is 13.6 Å². The minimum Gasteiger partial charge on any atom is -0.337 e. The van der Waals surface area contributed by atoms with Gasteiger partial charge in [-0.15, -0.1) is 0 Å². The number of piperidine rings is 1. The molecule has 27 heavy (non-hydrogen) atoms. The van der Waals surface area contributed by atoms with Crippen LogP contribution in [0.1, 0.15) is 47.9 Å². The molecule has 1 aromatic heterocycles. The molecule has 2 aromatic rings. The fourth-order valence-electron chi connectivity index (χ4n) is 4.21. The number of hydrogen-bond donors (Lipinski definition) is 1. The monoisotopic (exact) mass is 374 g/mol. The summed E-state index contributed by atoms with van der Waals surface area (Å²) in [5.41, 5.74) is 8.79. The summed E-state index contributed by atoms with van der Waals surface area (Å²) >= 11 is 0. The van der Waals surface area contributed by atoms with Crippen LogP contribution in [-0.2, 0) is 12.8 Å². The molecule has 5 nitrogen and oxygen atoms in total. The summed E-state index contributed by atoms with van der Waals surface area (Å²) in [6, 6.07) is 3.76. The van der Waals surface area contributed by atoms with Crippen LogP contribution in [0.5, 0.6) is 0 Å². The van der Waals surface area contributed by atoms with Gasteiger partial charge >= 0.3 is 0 Å². The van der Waals surface area contributed by atoms with Crippen molar-refractivity contribution in [3.05, 3.63) is 46.8 Å². The summed E-state index contributed by atoms with van der Waals surface area (Å²) in [5.74, 6) is -1.60. The van der Waals surface area contributed by atoms with E-state index in [0.717, 1.165) is 55.5 Å². The van der Waals surface area contributed by atoms with Crippen molar-refractivity contribution in [2.75, 3.05) is 13.1 Å². The topological polar surface area (TPSA) is 64.2 Å². The van der Waals surface area contributed by atoms with Gasteiger partial charge in [0.05, 0.1) is 5.69 Å². The SMILES string of the molecule is CC(N)C1CCCN(C(=O)c2nn(-c3ccc(F)c(F)c3)c3c2CCC3)C1. The predicted molar refractivity (Wildman–Crippen MR) is 97.8 cm³/mol. The molecule has 7 heteroatoms. The molecule has 2 N–H and O–H groups in total. The van der Waals surface area contributed by atoms with Gasteiger partial charge in [-0.1, -0.05) is 0 Å². The molecule has 0 bridgehead atoms. The van der Waals surface area contributed by atoms with E-state index in [0.29, 0.717) is 30.4 Å². The zero-order valence-electron chi connectivity index (χ0n) is 15.4. The van der Waals surface area contributed by atoms with E-state index in [1.165, 1.54) is 6.07 Å². The third-order valence-corrected chi connectivity index (χ3v) is 5.77. The maximum Gasteiger partial charge on any atom is 0.274 e. The van der Waals surface area contributed by atoms with Crippen molar-refractivity contribution in [1.82, 2.24) is 14.7 Å². The first-order valence-corrected chi connectivity index (χ1v) is 9.56. The summed E-state index contributed by atoms with van der Waals surface area (Å²) in [7, 11) is 0. The number of likely N-dealkylation sites (tertiary alicyclic amines) is 1. The Morgan fingerprint density at radius 1 is 1.26 bits per heavy atom. The van der Waals surface area contributed by atoms with Gasteiger partial charge in [-0.3, -0.25) is 4.79 Å². The first-order chi connectivity index (χ1) is 13.0. The lowest BCUT2D eigenvalue weighted by Crippen LogP contribution is -2.45. The normalized spacial score (nSPS) is 20.6. The Hall–Kier alpha value is -2.28. The number of nitrogens with zero attached hydrogens (tertiary/aromatic N) is 3. The summed E-state index contributed by atoms with van der Waals surface area (Å²) in [6.07, 6.45) is 4.45. The Morgan fingerprint density at radius 3 is 2.81 bits per heavy atom. The van der Waals surface area contributed by atoms with E-state index in [1.807, 2.05) is 11.8 Å². The third-order valence-electron chi connectivity index (χ3n) is 5.77. The number of nitrogens with two attached hydrogens (primary N) is 1. The fourth-order valence-corrected chi connectivity index (χ4v) is 4.21. The lowest BCUT2D eigenvalue weighted by atomic mass is 9.92. The van der Waals surface area contributed by atoms with E-state index in [1.54, 1.807) is 4.68 Å². The molecule has 1 aliphatic heterocycles. The average molecular weight is 374 g/mol. The first-order valence-electron chi connectivity index (χ1n) is 9.56. The van der Waals surface area contributed by atoms with E-state index < -0.39 is 11.6 Å². The molecule has 1 aromatic carbocycles. The Morgan fingerprint density at radius 2 is 2.07 bits per heavy atom. The number of hydrogen-bond acceptors (Lipinski definition) is 3.